The fourth-order valence-corrected chi connectivity index (χ4v) is 6.58. The number of rotatable bonds is 6. The van der Waals surface area contributed by atoms with Gasteiger partial charge in [0.1, 0.15) is 12.1 Å². The molecule has 4 aromatic rings. The van der Waals surface area contributed by atoms with Gasteiger partial charge in [0, 0.05) is 11.6 Å². The van der Waals surface area contributed by atoms with Crippen LogP contribution in [0.15, 0.2) is 72.0 Å². The highest BCUT2D eigenvalue weighted by Gasteiger charge is 2.32. The van der Waals surface area contributed by atoms with Gasteiger partial charge in [0.05, 0.1) is 17.1 Å². The van der Waals surface area contributed by atoms with Crippen LogP contribution in [0.1, 0.15) is 29.2 Å². The summed E-state index contributed by atoms with van der Waals surface area (Å²) in [6, 6.07) is 16.4. The zero-order valence-electron chi connectivity index (χ0n) is 25.2. The quantitative estimate of drug-likeness (QED) is 0.245. The number of nitrogens with one attached hydrogen (secondary N) is 2. The average Bonchev–Trinajstić information content (AvgIpc) is 3.74. The van der Waals surface area contributed by atoms with Gasteiger partial charge in [-0.25, -0.2) is 14.5 Å². The smallest absolute Gasteiger partial charge is 0.406 e. The molecule has 1 unspecified atom stereocenters. The Kier molecular flexibility index (Phi) is 9.01. The highest BCUT2D eigenvalue weighted by atomic mass is 32.2. The van der Waals surface area contributed by atoms with E-state index in [0.717, 1.165) is 39.9 Å². The third kappa shape index (κ3) is 7.46. The minimum absolute atomic E-state index is 0.0441. The normalized spacial score (nSPS) is 16.8. The Morgan fingerprint density at radius 1 is 1.11 bits per heavy atom. The maximum absolute atomic E-state index is 12.9. The summed E-state index contributed by atoms with van der Waals surface area (Å²) in [7, 11) is 0. The van der Waals surface area contributed by atoms with E-state index in [1.165, 1.54) is 47.0 Å². The lowest BCUT2D eigenvalue weighted by Gasteiger charge is -2.20. The van der Waals surface area contributed by atoms with Crippen molar-refractivity contribution in [2.75, 3.05) is 10.7 Å². The number of amidine groups is 1. The molecule has 1 saturated heterocycles. The molecule has 0 spiro atoms. The number of amides is 3. The number of aryl methyl sites for hydroxylation is 2. The molecule has 1 aliphatic carbocycles. The van der Waals surface area contributed by atoms with Crippen LogP contribution in [-0.4, -0.2) is 55.1 Å². The molecular formula is C32H28F3N7O3S2. The maximum Gasteiger partial charge on any atom is 0.573 e. The number of thioether (sulfide) groups is 1. The number of benzene rings is 3. The van der Waals surface area contributed by atoms with Crippen molar-refractivity contribution < 1.29 is 27.5 Å². The van der Waals surface area contributed by atoms with Gasteiger partial charge in [-0.15, -0.1) is 18.3 Å². The summed E-state index contributed by atoms with van der Waals surface area (Å²) in [5, 5.41) is 10.4. The van der Waals surface area contributed by atoms with Crippen molar-refractivity contribution in [2.24, 2.45) is 4.99 Å². The Bertz CT molecular complexity index is 1890. The summed E-state index contributed by atoms with van der Waals surface area (Å²) >= 11 is 6.64. The Hall–Kier alpha value is -4.76. The van der Waals surface area contributed by atoms with Gasteiger partial charge in [0.15, 0.2) is 11.0 Å². The van der Waals surface area contributed by atoms with Crippen LogP contribution in [0, 0.1) is 6.92 Å². The number of anilines is 1. The zero-order valence-corrected chi connectivity index (χ0v) is 26.8. The predicted octanol–water partition coefficient (Wildman–Crippen LogP) is 5.89. The van der Waals surface area contributed by atoms with E-state index in [0.29, 0.717) is 29.5 Å². The molecular weight excluding hydrogens is 652 g/mol. The first kappa shape index (κ1) is 32.2. The topological polar surface area (TPSA) is 114 Å². The number of fused-ring (bicyclic) bond motifs is 1. The second kappa shape index (κ2) is 13.2. The zero-order chi connectivity index (χ0) is 33.3. The van der Waals surface area contributed by atoms with E-state index in [1.54, 1.807) is 4.90 Å². The molecule has 10 nitrogen and oxygen atoms in total. The van der Waals surface area contributed by atoms with Crippen molar-refractivity contribution in [2.45, 2.75) is 45.5 Å². The molecule has 47 heavy (non-hydrogen) atoms. The number of hydrogen-bond donors (Lipinski definition) is 2. The van der Waals surface area contributed by atoms with Crippen molar-refractivity contribution in [3.63, 3.8) is 0 Å². The van der Waals surface area contributed by atoms with Crippen LogP contribution in [0.2, 0.25) is 0 Å². The number of hydrogen-bond acceptors (Lipinski definition) is 7. The van der Waals surface area contributed by atoms with Crippen molar-refractivity contribution in [1.29, 1.82) is 0 Å². The van der Waals surface area contributed by atoms with E-state index in [-0.39, 0.29) is 28.6 Å². The number of nitrogens with zero attached hydrogens (tertiary/aromatic N) is 5. The highest BCUT2D eigenvalue weighted by Crippen LogP contribution is 2.31. The fourth-order valence-electron chi connectivity index (χ4n) is 5.48. The standard InChI is InChI=1S/C32H28F3N7O3S2/c1-3-19-5-4-18(2)12-26(19)42-27(43)16-47-31(42)39-30(46)38-29(44)37-23-14-20-6-7-21(13-22(20)15-23)28-36-17-41(40-28)24-8-10-25(11-9-24)45-32(33,34)35/h4-13,17,23H,3,14-16H2,1-2H3,(H2,37,38,44,46). The van der Waals surface area contributed by atoms with E-state index in [9.17, 15) is 22.8 Å². The van der Waals surface area contributed by atoms with Crippen molar-refractivity contribution >= 4 is 51.9 Å². The Morgan fingerprint density at radius 2 is 1.87 bits per heavy atom. The molecule has 2 N–H and O–H groups in total. The molecule has 1 aromatic heterocycles. The molecule has 6 rings (SSSR count). The maximum atomic E-state index is 12.9. The number of urea groups is 1. The number of aromatic nitrogens is 3. The minimum atomic E-state index is -4.77. The van der Waals surface area contributed by atoms with Crippen LogP contribution in [-0.2, 0) is 24.1 Å². The molecule has 0 saturated carbocycles. The van der Waals surface area contributed by atoms with E-state index in [1.807, 2.05) is 50.2 Å². The lowest BCUT2D eigenvalue weighted by Crippen LogP contribution is -2.44. The minimum Gasteiger partial charge on any atom is -0.406 e. The molecule has 3 aromatic carbocycles. The molecule has 3 amide bonds. The molecule has 1 atom stereocenters. The van der Waals surface area contributed by atoms with Gasteiger partial charge in [-0.1, -0.05) is 43.0 Å². The third-order valence-electron chi connectivity index (χ3n) is 7.60. The summed E-state index contributed by atoms with van der Waals surface area (Å²) in [5.41, 5.74) is 6.18. The second-order valence-electron chi connectivity index (χ2n) is 10.9. The molecule has 0 bridgehead atoms. The van der Waals surface area contributed by atoms with Gasteiger partial charge in [-0.05, 0) is 97.1 Å². The largest absolute Gasteiger partial charge is 0.573 e. The van der Waals surface area contributed by atoms with Crippen LogP contribution in [0.25, 0.3) is 17.1 Å². The summed E-state index contributed by atoms with van der Waals surface area (Å²) in [6.07, 6.45) is -1.36. The van der Waals surface area contributed by atoms with Gasteiger partial charge in [0.2, 0.25) is 11.0 Å². The first-order valence-electron chi connectivity index (χ1n) is 14.6. The van der Waals surface area contributed by atoms with Crippen LogP contribution in [0.3, 0.4) is 0 Å². The molecule has 0 radical (unpaired) electrons. The van der Waals surface area contributed by atoms with Gasteiger partial charge in [-0.3, -0.25) is 15.0 Å². The number of aliphatic imine (C=N–C) groups is 1. The first-order chi connectivity index (χ1) is 22.5. The van der Waals surface area contributed by atoms with Crippen LogP contribution in [0.4, 0.5) is 23.7 Å². The van der Waals surface area contributed by atoms with Gasteiger partial charge >= 0.3 is 12.4 Å². The monoisotopic (exact) mass is 679 g/mol. The van der Waals surface area contributed by atoms with E-state index < -0.39 is 12.4 Å². The van der Waals surface area contributed by atoms with Gasteiger partial charge in [0.25, 0.3) is 0 Å². The number of alkyl halides is 3. The summed E-state index contributed by atoms with van der Waals surface area (Å²) in [6.45, 7) is 3.98. The molecule has 242 valence electrons. The van der Waals surface area contributed by atoms with E-state index in [2.05, 4.69) is 30.4 Å². The van der Waals surface area contributed by atoms with E-state index >= 15 is 0 Å². The van der Waals surface area contributed by atoms with Gasteiger partial charge < -0.3 is 10.1 Å². The molecule has 1 fully saturated rings. The lowest BCUT2D eigenvalue weighted by molar-refractivity contribution is -0.274. The third-order valence-corrected chi connectivity index (χ3v) is 8.72. The van der Waals surface area contributed by atoms with Crippen molar-refractivity contribution in [3.8, 4) is 22.8 Å². The predicted molar refractivity (Wildman–Crippen MR) is 177 cm³/mol. The average molecular weight is 680 g/mol. The lowest BCUT2D eigenvalue weighted by atomic mass is 10.1. The summed E-state index contributed by atoms with van der Waals surface area (Å²) in [4.78, 5) is 36.0. The second-order valence-corrected chi connectivity index (χ2v) is 12.3. The van der Waals surface area contributed by atoms with Crippen LogP contribution < -0.4 is 20.3 Å². The number of carbonyl (C=O) groups excluding carboxylic acids is 2. The summed E-state index contributed by atoms with van der Waals surface area (Å²) < 4.78 is 42.8. The van der Waals surface area contributed by atoms with Gasteiger partial charge in [-0.2, -0.15) is 4.99 Å². The molecule has 2 heterocycles. The van der Waals surface area contributed by atoms with Crippen LogP contribution >= 0.6 is 24.0 Å². The number of halogens is 3. The Balaban J connectivity index is 1.07. The summed E-state index contributed by atoms with van der Waals surface area (Å²) in [5.74, 6) is 0.249. The molecule has 15 heteroatoms. The SMILES string of the molecule is CCc1ccc(C)cc1N1C(=O)CSC1=NC(=S)NC(=O)NC1Cc2ccc(-c3ncn(-c4ccc(OC(F)(F)F)cc4)n3)cc2C1. The van der Waals surface area contributed by atoms with Crippen LogP contribution in [0.5, 0.6) is 5.75 Å². The van der Waals surface area contributed by atoms with Crippen molar-refractivity contribution in [1.82, 2.24) is 25.4 Å². The molecule has 2 aliphatic rings. The molecule has 1 aliphatic heterocycles. The number of thiocarbonyl (C=S) groups is 1. The Morgan fingerprint density at radius 3 is 2.62 bits per heavy atom. The highest BCUT2D eigenvalue weighted by molar-refractivity contribution is 8.15. The fraction of sp³-hybridized carbons (Fsp3) is 0.250. The number of ether oxygens (including phenoxy) is 1. The van der Waals surface area contributed by atoms with Crippen molar-refractivity contribution in [3.05, 3.63) is 89.2 Å². The number of carbonyl (C=O) groups is 2. The van der Waals surface area contributed by atoms with E-state index in [4.69, 9.17) is 12.2 Å². The Labute approximate surface area is 277 Å². The first-order valence-corrected chi connectivity index (χ1v) is 16.0.